The van der Waals surface area contributed by atoms with E-state index in [4.69, 9.17) is 4.74 Å². The van der Waals surface area contributed by atoms with E-state index in [0.29, 0.717) is 11.8 Å². The fourth-order valence-corrected chi connectivity index (χ4v) is 0.728. The molecule has 0 fully saturated rings. The molecule has 1 heteroatoms. The zero-order valence-corrected chi connectivity index (χ0v) is 5.42. The lowest BCUT2D eigenvalue weighted by atomic mass is 9.96. The maximum atomic E-state index is 5.07. The van der Waals surface area contributed by atoms with Gasteiger partial charge in [-0.2, -0.15) is 0 Å². The van der Waals surface area contributed by atoms with Crippen molar-refractivity contribution in [1.29, 1.82) is 0 Å². The fraction of sp³-hybridized carbons (Fsp3) is 0.714. The van der Waals surface area contributed by atoms with Gasteiger partial charge in [0.25, 0.3) is 0 Å². The summed E-state index contributed by atoms with van der Waals surface area (Å²) in [6, 6.07) is 0. The van der Waals surface area contributed by atoms with Crippen LogP contribution in [0.2, 0.25) is 0 Å². The second-order valence-electron chi connectivity index (χ2n) is 2.50. The van der Waals surface area contributed by atoms with Crippen molar-refractivity contribution in [3.8, 4) is 0 Å². The lowest BCUT2D eigenvalue weighted by Gasteiger charge is -2.19. The molecule has 46 valence electrons. The summed E-state index contributed by atoms with van der Waals surface area (Å²) in [7, 11) is 0. The Balaban J connectivity index is 2.47. The molecule has 0 spiro atoms. The van der Waals surface area contributed by atoms with Gasteiger partial charge in [0.2, 0.25) is 0 Å². The summed E-state index contributed by atoms with van der Waals surface area (Å²) in [4.78, 5) is 0. The van der Waals surface area contributed by atoms with Gasteiger partial charge in [-0.25, -0.2) is 0 Å². The molecule has 2 atom stereocenters. The summed E-state index contributed by atoms with van der Waals surface area (Å²) < 4.78 is 5.07. The quantitative estimate of drug-likeness (QED) is 0.464. The number of ether oxygens (including phenoxy) is 1. The normalized spacial score (nSPS) is 36.8. The van der Waals surface area contributed by atoms with Gasteiger partial charge in [0.05, 0.1) is 12.9 Å². The summed E-state index contributed by atoms with van der Waals surface area (Å²) in [6.07, 6.45) is 3.90. The lowest BCUT2D eigenvalue weighted by Crippen LogP contribution is -2.14. The van der Waals surface area contributed by atoms with E-state index in [0.717, 1.165) is 6.61 Å². The minimum Gasteiger partial charge on any atom is -0.501 e. The average molecular weight is 112 g/mol. The van der Waals surface area contributed by atoms with E-state index >= 15 is 0 Å². The molecule has 1 aliphatic heterocycles. The third-order valence-corrected chi connectivity index (χ3v) is 1.74. The first-order valence-electron chi connectivity index (χ1n) is 3.09. The van der Waals surface area contributed by atoms with Crippen molar-refractivity contribution >= 4 is 0 Å². The van der Waals surface area contributed by atoms with Gasteiger partial charge >= 0.3 is 0 Å². The molecule has 0 unspecified atom stereocenters. The number of hydrogen-bond donors (Lipinski definition) is 0. The molecule has 0 saturated carbocycles. The van der Waals surface area contributed by atoms with E-state index in [1.807, 2.05) is 0 Å². The standard InChI is InChI=1S/C7H12O/c1-6-3-4-8-5-7(6)2/h3-4,6-7H,5H2,1-2H3/t6-,7-/m1/s1. The van der Waals surface area contributed by atoms with E-state index < -0.39 is 0 Å². The lowest BCUT2D eigenvalue weighted by molar-refractivity contribution is 0.159. The molecule has 0 aromatic heterocycles. The molecule has 0 amide bonds. The van der Waals surface area contributed by atoms with E-state index in [1.165, 1.54) is 0 Å². The van der Waals surface area contributed by atoms with Crippen molar-refractivity contribution in [2.24, 2.45) is 11.8 Å². The molecule has 0 N–H and O–H groups in total. The summed E-state index contributed by atoms with van der Waals surface area (Å²) in [6.45, 7) is 5.30. The number of hydrogen-bond acceptors (Lipinski definition) is 1. The van der Waals surface area contributed by atoms with Crippen molar-refractivity contribution < 1.29 is 4.74 Å². The van der Waals surface area contributed by atoms with Crippen LogP contribution in [-0.4, -0.2) is 6.61 Å². The molecule has 8 heavy (non-hydrogen) atoms. The smallest absolute Gasteiger partial charge is 0.0904 e. The van der Waals surface area contributed by atoms with Gasteiger partial charge in [0.1, 0.15) is 0 Å². The Kier molecular flexibility index (Phi) is 1.56. The molecule has 1 rings (SSSR count). The number of allylic oxidation sites excluding steroid dienone is 1. The van der Waals surface area contributed by atoms with E-state index in [1.54, 1.807) is 6.26 Å². The predicted octanol–water partition coefficient (Wildman–Crippen LogP) is 1.80. The summed E-state index contributed by atoms with van der Waals surface area (Å²) in [5.74, 6) is 1.39. The van der Waals surface area contributed by atoms with Crippen LogP contribution in [0.4, 0.5) is 0 Å². The third kappa shape index (κ3) is 1.03. The highest BCUT2D eigenvalue weighted by atomic mass is 16.5. The first-order valence-corrected chi connectivity index (χ1v) is 3.09. The molecule has 0 radical (unpaired) electrons. The maximum Gasteiger partial charge on any atom is 0.0904 e. The van der Waals surface area contributed by atoms with Crippen LogP contribution in [0.5, 0.6) is 0 Å². The van der Waals surface area contributed by atoms with Crippen LogP contribution in [0.3, 0.4) is 0 Å². The van der Waals surface area contributed by atoms with Crippen molar-refractivity contribution in [2.75, 3.05) is 6.61 Å². The third-order valence-electron chi connectivity index (χ3n) is 1.74. The highest BCUT2D eigenvalue weighted by molar-refractivity contribution is 4.87. The molecule has 0 aromatic carbocycles. The second kappa shape index (κ2) is 2.21. The highest BCUT2D eigenvalue weighted by Gasteiger charge is 2.11. The second-order valence-corrected chi connectivity index (χ2v) is 2.50. The predicted molar refractivity (Wildman–Crippen MR) is 33.4 cm³/mol. The van der Waals surface area contributed by atoms with Crippen LogP contribution in [0.15, 0.2) is 12.3 Å². The fourth-order valence-electron chi connectivity index (χ4n) is 0.728. The summed E-state index contributed by atoms with van der Waals surface area (Å²) in [5.41, 5.74) is 0. The van der Waals surface area contributed by atoms with Crippen LogP contribution in [-0.2, 0) is 4.74 Å². The number of rotatable bonds is 0. The highest BCUT2D eigenvalue weighted by Crippen LogP contribution is 2.16. The van der Waals surface area contributed by atoms with Gasteiger partial charge < -0.3 is 4.74 Å². The van der Waals surface area contributed by atoms with E-state index in [-0.39, 0.29) is 0 Å². The van der Waals surface area contributed by atoms with Gasteiger partial charge in [0, 0.05) is 0 Å². The maximum absolute atomic E-state index is 5.07. The van der Waals surface area contributed by atoms with Crippen molar-refractivity contribution in [2.45, 2.75) is 13.8 Å². The average Bonchev–Trinajstić information content (AvgIpc) is 1.77. The van der Waals surface area contributed by atoms with E-state index in [9.17, 15) is 0 Å². The summed E-state index contributed by atoms with van der Waals surface area (Å²) >= 11 is 0. The largest absolute Gasteiger partial charge is 0.501 e. The van der Waals surface area contributed by atoms with Crippen molar-refractivity contribution in [1.82, 2.24) is 0 Å². The zero-order chi connectivity index (χ0) is 5.98. The molecule has 1 nitrogen and oxygen atoms in total. The van der Waals surface area contributed by atoms with Crippen LogP contribution in [0.25, 0.3) is 0 Å². The van der Waals surface area contributed by atoms with Crippen molar-refractivity contribution in [3.05, 3.63) is 12.3 Å². The van der Waals surface area contributed by atoms with Crippen LogP contribution in [0, 0.1) is 11.8 Å². The van der Waals surface area contributed by atoms with Gasteiger partial charge in [-0.1, -0.05) is 13.8 Å². The Hall–Kier alpha value is -0.460. The van der Waals surface area contributed by atoms with E-state index in [2.05, 4.69) is 19.9 Å². The Morgan fingerprint density at radius 1 is 1.50 bits per heavy atom. The Bertz CT molecular complexity index is 96.6. The molecule has 0 bridgehead atoms. The SMILES string of the molecule is C[C@@H]1C=COC[C@H]1C. The Morgan fingerprint density at radius 3 is 2.62 bits per heavy atom. The van der Waals surface area contributed by atoms with Gasteiger partial charge in [-0.05, 0) is 17.9 Å². The minimum absolute atomic E-state index is 0.694. The molecule has 0 aliphatic carbocycles. The van der Waals surface area contributed by atoms with Gasteiger partial charge in [-0.3, -0.25) is 0 Å². The Morgan fingerprint density at radius 2 is 2.25 bits per heavy atom. The molecular weight excluding hydrogens is 100 g/mol. The van der Waals surface area contributed by atoms with Crippen molar-refractivity contribution in [3.63, 3.8) is 0 Å². The van der Waals surface area contributed by atoms with Gasteiger partial charge in [0.15, 0.2) is 0 Å². The molecular formula is C7H12O. The monoisotopic (exact) mass is 112 g/mol. The molecule has 0 saturated heterocycles. The summed E-state index contributed by atoms with van der Waals surface area (Å²) in [5, 5.41) is 0. The van der Waals surface area contributed by atoms with Crippen LogP contribution in [0.1, 0.15) is 13.8 Å². The first kappa shape index (κ1) is 5.67. The van der Waals surface area contributed by atoms with Crippen LogP contribution < -0.4 is 0 Å². The van der Waals surface area contributed by atoms with Crippen LogP contribution >= 0.6 is 0 Å². The Labute approximate surface area is 50.3 Å². The molecule has 1 aliphatic rings. The van der Waals surface area contributed by atoms with Gasteiger partial charge in [-0.15, -0.1) is 0 Å². The topological polar surface area (TPSA) is 9.23 Å². The molecule has 0 aromatic rings. The minimum atomic E-state index is 0.694. The zero-order valence-electron chi connectivity index (χ0n) is 5.42. The molecule has 1 heterocycles. The first-order chi connectivity index (χ1) is 3.80.